The molecule has 1 unspecified atom stereocenters. The Bertz CT molecular complexity index is 757. The van der Waals surface area contributed by atoms with E-state index in [1.165, 1.54) is 11.3 Å². The summed E-state index contributed by atoms with van der Waals surface area (Å²) in [4.78, 5) is 14.4. The lowest BCUT2D eigenvalue weighted by atomic mass is 9.88. The van der Waals surface area contributed by atoms with Crippen LogP contribution in [0.4, 0.5) is 5.69 Å². The number of carbonyl (C=O) groups excluding carboxylic acids is 1. The quantitative estimate of drug-likeness (QED) is 0.743. The smallest absolute Gasteiger partial charge is 0.236 e. The van der Waals surface area contributed by atoms with Gasteiger partial charge in [0.15, 0.2) is 0 Å². The van der Waals surface area contributed by atoms with Gasteiger partial charge in [0, 0.05) is 30.9 Å². The lowest BCUT2D eigenvalue weighted by Crippen LogP contribution is -2.44. The van der Waals surface area contributed by atoms with E-state index in [0.29, 0.717) is 25.0 Å². The molecular formula is C20H31N3O3S. The van der Waals surface area contributed by atoms with Crippen LogP contribution in [0.1, 0.15) is 45.1 Å². The third-order valence-corrected chi connectivity index (χ3v) is 7.04. The van der Waals surface area contributed by atoms with Crippen molar-refractivity contribution in [3.05, 3.63) is 29.8 Å². The summed E-state index contributed by atoms with van der Waals surface area (Å²) in [5, 5.41) is 2.76. The normalized spacial score (nSPS) is 25.3. The Morgan fingerprint density at radius 1 is 1.15 bits per heavy atom. The Balaban J connectivity index is 1.43. The number of para-hydroxylation sites is 1. The van der Waals surface area contributed by atoms with E-state index in [-0.39, 0.29) is 6.04 Å². The molecule has 1 heterocycles. The molecule has 0 spiro atoms. The monoisotopic (exact) mass is 393 g/mol. The molecule has 1 amide bonds. The molecule has 150 valence electrons. The van der Waals surface area contributed by atoms with Crippen LogP contribution in [-0.4, -0.2) is 45.3 Å². The second-order valence-corrected chi connectivity index (χ2v) is 9.81. The molecule has 2 N–H and O–H groups in total. The van der Waals surface area contributed by atoms with Crippen LogP contribution in [0.5, 0.6) is 0 Å². The van der Waals surface area contributed by atoms with Crippen LogP contribution >= 0.6 is 0 Å². The van der Waals surface area contributed by atoms with Crippen LogP contribution in [0.3, 0.4) is 0 Å². The number of carbonyl (C=O) groups is 1. The van der Waals surface area contributed by atoms with Crippen molar-refractivity contribution in [1.29, 1.82) is 0 Å². The van der Waals surface area contributed by atoms with Crippen molar-refractivity contribution in [1.82, 2.24) is 10.0 Å². The average Bonchev–Trinajstić information content (AvgIpc) is 2.92. The van der Waals surface area contributed by atoms with Crippen molar-refractivity contribution in [2.45, 2.75) is 58.0 Å². The second kappa shape index (κ2) is 8.61. The second-order valence-electron chi connectivity index (χ2n) is 8.06. The minimum Gasteiger partial charge on any atom is -0.367 e. The first-order chi connectivity index (χ1) is 12.8. The number of hydrogen-bond donors (Lipinski definition) is 2. The highest BCUT2D eigenvalue weighted by atomic mass is 32.2. The molecule has 0 saturated heterocycles. The topological polar surface area (TPSA) is 78.5 Å². The standard InChI is InChI=1S/C20H31N3O3S/c1-15-7-9-18(10-8-15)22-27(25,26)14-20(24)21-11-12-23-16(2)13-17-5-3-4-6-19(17)23/h3-6,15-16,18,22H,7-14H2,1-2H3,(H,21,24). The third-order valence-electron chi connectivity index (χ3n) is 5.71. The molecule has 3 rings (SSSR count). The maximum Gasteiger partial charge on any atom is 0.236 e. The molecule has 7 heteroatoms. The van der Waals surface area contributed by atoms with Gasteiger partial charge in [-0.25, -0.2) is 13.1 Å². The van der Waals surface area contributed by atoms with E-state index < -0.39 is 21.7 Å². The summed E-state index contributed by atoms with van der Waals surface area (Å²) in [5.41, 5.74) is 2.53. The fourth-order valence-electron chi connectivity index (χ4n) is 4.18. The van der Waals surface area contributed by atoms with Gasteiger partial charge in [-0.05, 0) is 56.6 Å². The number of fused-ring (bicyclic) bond motifs is 1. The van der Waals surface area contributed by atoms with Crippen molar-refractivity contribution in [3.63, 3.8) is 0 Å². The summed E-state index contributed by atoms with van der Waals surface area (Å²) in [7, 11) is -3.58. The van der Waals surface area contributed by atoms with Crippen molar-refractivity contribution in [2.24, 2.45) is 5.92 Å². The van der Waals surface area contributed by atoms with Crippen LogP contribution < -0.4 is 14.9 Å². The summed E-state index contributed by atoms with van der Waals surface area (Å²) in [5.74, 6) is -0.274. The van der Waals surface area contributed by atoms with Gasteiger partial charge in [-0.3, -0.25) is 4.79 Å². The van der Waals surface area contributed by atoms with Crippen molar-refractivity contribution >= 4 is 21.6 Å². The fraction of sp³-hybridized carbons (Fsp3) is 0.650. The molecule has 1 saturated carbocycles. The van der Waals surface area contributed by atoms with Crippen LogP contribution in [0.2, 0.25) is 0 Å². The van der Waals surface area contributed by atoms with Crippen LogP contribution in [0, 0.1) is 5.92 Å². The fourth-order valence-corrected chi connectivity index (χ4v) is 5.46. The summed E-state index contributed by atoms with van der Waals surface area (Å²) in [6, 6.07) is 8.66. The molecule has 0 aromatic heterocycles. The third kappa shape index (κ3) is 5.45. The Morgan fingerprint density at radius 3 is 2.59 bits per heavy atom. The zero-order chi connectivity index (χ0) is 19.4. The van der Waals surface area contributed by atoms with Crippen molar-refractivity contribution in [2.75, 3.05) is 23.7 Å². The number of anilines is 1. The summed E-state index contributed by atoms with van der Waals surface area (Å²) < 4.78 is 27.2. The number of hydrogen-bond acceptors (Lipinski definition) is 4. The van der Waals surface area contributed by atoms with Gasteiger partial charge in [-0.1, -0.05) is 25.1 Å². The molecule has 6 nitrogen and oxygen atoms in total. The molecule has 27 heavy (non-hydrogen) atoms. The molecular weight excluding hydrogens is 362 g/mol. The first-order valence-electron chi connectivity index (χ1n) is 9.95. The average molecular weight is 394 g/mol. The first-order valence-corrected chi connectivity index (χ1v) is 11.6. The van der Waals surface area contributed by atoms with Gasteiger partial charge >= 0.3 is 0 Å². The predicted molar refractivity (Wildman–Crippen MR) is 108 cm³/mol. The van der Waals surface area contributed by atoms with Crippen LogP contribution in [0.25, 0.3) is 0 Å². The van der Waals surface area contributed by atoms with E-state index in [4.69, 9.17) is 0 Å². The van der Waals surface area contributed by atoms with E-state index in [2.05, 4.69) is 40.9 Å². The van der Waals surface area contributed by atoms with E-state index >= 15 is 0 Å². The summed E-state index contributed by atoms with van der Waals surface area (Å²) in [6.07, 6.45) is 4.79. The van der Waals surface area contributed by atoms with Gasteiger partial charge in [0.05, 0.1) is 0 Å². The zero-order valence-corrected chi connectivity index (χ0v) is 17.1. The van der Waals surface area contributed by atoms with E-state index in [1.54, 1.807) is 0 Å². The van der Waals surface area contributed by atoms with Crippen molar-refractivity contribution < 1.29 is 13.2 Å². The minimum absolute atomic E-state index is 0.0269. The van der Waals surface area contributed by atoms with E-state index in [1.807, 2.05) is 12.1 Å². The van der Waals surface area contributed by atoms with Crippen LogP contribution in [-0.2, 0) is 21.2 Å². The number of amides is 1. The highest BCUT2D eigenvalue weighted by Gasteiger charge is 2.26. The Hall–Kier alpha value is -1.60. The number of rotatable bonds is 7. The molecule has 1 fully saturated rings. The Morgan fingerprint density at radius 2 is 1.85 bits per heavy atom. The number of sulfonamides is 1. The highest BCUT2D eigenvalue weighted by Crippen LogP contribution is 2.31. The van der Waals surface area contributed by atoms with E-state index in [9.17, 15) is 13.2 Å². The summed E-state index contributed by atoms with van der Waals surface area (Å²) >= 11 is 0. The number of nitrogens with one attached hydrogen (secondary N) is 2. The molecule has 1 aromatic carbocycles. The lowest BCUT2D eigenvalue weighted by Gasteiger charge is -2.26. The first kappa shape index (κ1) is 20.1. The van der Waals surface area contributed by atoms with Gasteiger partial charge in [-0.2, -0.15) is 0 Å². The van der Waals surface area contributed by atoms with Crippen molar-refractivity contribution in [3.8, 4) is 0 Å². The molecule has 1 atom stereocenters. The molecule has 1 aromatic rings. The SMILES string of the molecule is CC1CCC(NS(=O)(=O)CC(=O)NCCN2c3ccccc3CC2C)CC1. The lowest BCUT2D eigenvalue weighted by molar-refractivity contribution is -0.118. The Labute approximate surface area is 162 Å². The zero-order valence-electron chi connectivity index (χ0n) is 16.3. The maximum atomic E-state index is 12.2. The van der Waals surface area contributed by atoms with Gasteiger partial charge in [-0.15, -0.1) is 0 Å². The molecule has 0 radical (unpaired) electrons. The van der Waals surface area contributed by atoms with Gasteiger partial charge in [0.1, 0.15) is 5.75 Å². The largest absolute Gasteiger partial charge is 0.367 e. The van der Waals surface area contributed by atoms with Gasteiger partial charge < -0.3 is 10.2 Å². The summed E-state index contributed by atoms with van der Waals surface area (Å²) in [6.45, 7) is 5.48. The maximum absolute atomic E-state index is 12.2. The molecule has 0 bridgehead atoms. The number of benzene rings is 1. The predicted octanol–water partition coefficient (Wildman–Crippen LogP) is 2.05. The van der Waals surface area contributed by atoms with Gasteiger partial charge in [0.2, 0.25) is 15.9 Å². The van der Waals surface area contributed by atoms with Gasteiger partial charge in [0.25, 0.3) is 0 Å². The molecule has 2 aliphatic rings. The van der Waals surface area contributed by atoms with E-state index in [0.717, 1.165) is 32.1 Å². The molecule has 1 aliphatic heterocycles. The highest BCUT2D eigenvalue weighted by molar-refractivity contribution is 7.90. The Kier molecular flexibility index (Phi) is 6.42. The molecule has 1 aliphatic carbocycles. The van der Waals surface area contributed by atoms with Crippen LogP contribution in [0.15, 0.2) is 24.3 Å². The minimum atomic E-state index is -3.58. The number of nitrogens with zero attached hydrogens (tertiary/aromatic N) is 1.